The highest BCUT2D eigenvalue weighted by molar-refractivity contribution is 7.47. The number of carbonyl (C=O) groups is 1. The van der Waals surface area contributed by atoms with Gasteiger partial charge in [0.25, 0.3) is 0 Å². The van der Waals surface area contributed by atoms with Crippen molar-refractivity contribution in [3.05, 3.63) is 60.9 Å². The van der Waals surface area contributed by atoms with Gasteiger partial charge in [-0.2, -0.15) is 0 Å². The number of ether oxygens (including phenoxy) is 2. The molecule has 0 aliphatic heterocycles. The summed E-state index contributed by atoms with van der Waals surface area (Å²) in [7, 11) is -4.29. The maximum Gasteiger partial charge on any atom is 0.472 e. The number of unbranched alkanes of at least 4 members (excludes halogenated alkanes) is 16. The van der Waals surface area contributed by atoms with Gasteiger partial charge < -0.3 is 25.2 Å². The van der Waals surface area contributed by atoms with Crippen molar-refractivity contribution in [2.75, 3.05) is 26.4 Å². The molecular weight excluding hydrogens is 665 g/mol. The lowest BCUT2D eigenvalue weighted by atomic mass is 10.1. The van der Waals surface area contributed by atoms with E-state index in [1.807, 2.05) is 24.3 Å². The number of esters is 1. The monoisotopic (exact) mass is 740 g/mol. The van der Waals surface area contributed by atoms with Crippen molar-refractivity contribution < 1.29 is 37.9 Å². The van der Waals surface area contributed by atoms with Crippen LogP contribution in [-0.4, -0.2) is 54.5 Å². The van der Waals surface area contributed by atoms with Gasteiger partial charge in [-0.1, -0.05) is 127 Å². The SMILES string of the molecule is CC/C=C/CC(O)/C=C/C=C/CCCCCCCC(=O)OC[C@H](COP(=O)(O)OCCN)O/C=C/CCCCCC/C=C\CCCCCCCC. The second-order valence-corrected chi connectivity index (χ2v) is 14.5. The number of phosphoric ester groups is 1. The summed E-state index contributed by atoms with van der Waals surface area (Å²) in [4.78, 5) is 22.2. The number of hydrogen-bond donors (Lipinski definition) is 3. The number of aliphatic hydroxyl groups is 1. The summed E-state index contributed by atoms with van der Waals surface area (Å²) in [6.07, 6.45) is 42.4. The van der Waals surface area contributed by atoms with Gasteiger partial charge in [-0.15, -0.1) is 0 Å². The molecule has 0 bridgehead atoms. The van der Waals surface area contributed by atoms with Crippen LogP contribution in [0.5, 0.6) is 0 Å². The van der Waals surface area contributed by atoms with Crippen molar-refractivity contribution >= 4 is 13.8 Å². The molecule has 4 N–H and O–H groups in total. The van der Waals surface area contributed by atoms with Crippen LogP contribution in [-0.2, 0) is 27.9 Å². The van der Waals surface area contributed by atoms with E-state index < -0.39 is 20.0 Å². The topological polar surface area (TPSA) is 138 Å². The highest BCUT2D eigenvalue weighted by Crippen LogP contribution is 2.43. The summed E-state index contributed by atoms with van der Waals surface area (Å²) < 4.78 is 33.1. The van der Waals surface area contributed by atoms with Crippen molar-refractivity contribution in [2.45, 2.75) is 167 Å². The molecule has 0 spiro atoms. The van der Waals surface area contributed by atoms with Crippen LogP contribution in [0.4, 0.5) is 0 Å². The van der Waals surface area contributed by atoms with E-state index in [2.05, 4.69) is 38.2 Å². The van der Waals surface area contributed by atoms with Crippen molar-refractivity contribution in [1.82, 2.24) is 0 Å². The molecule has 0 amide bonds. The summed E-state index contributed by atoms with van der Waals surface area (Å²) in [5.74, 6) is -0.335. The zero-order valence-electron chi connectivity index (χ0n) is 32.2. The normalized spacial score (nSPS) is 14.8. The molecule has 0 aromatic carbocycles. The van der Waals surface area contributed by atoms with Gasteiger partial charge in [-0.05, 0) is 76.7 Å². The number of allylic oxidation sites excluding steroid dienone is 7. The molecule has 0 aliphatic carbocycles. The lowest BCUT2D eigenvalue weighted by molar-refractivity contribution is -0.147. The molecule has 0 aromatic heterocycles. The first kappa shape index (κ1) is 49.0. The minimum absolute atomic E-state index is 0.0855. The van der Waals surface area contributed by atoms with Crippen LogP contribution in [0.3, 0.4) is 0 Å². The van der Waals surface area contributed by atoms with Crippen LogP contribution in [0.1, 0.15) is 155 Å². The van der Waals surface area contributed by atoms with E-state index in [-0.39, 0.29) is 32.3 Å². The van der Waals surface area contributed by atoms with E-state index in [9.17, 15) is 19.4 Å². The van der Waals surface area contributed by atoms with Crippen molar-refractivity contribution in [3.8, 4) is 0 Å². The first-order valence-corrected chi connectivity index (χ1v) is 21.4. The number of aliphatic hydroxyl groups excluding tert-OH is 1. The van der Waals surface area contributed by atoms with E-state index in [0.717, 1.165) is 70.6 Å². The smallest absolute Gasteiger partial charge is 0.472 e. The van der Waals surface area contributed by atoms with E-state index >= 15 is 0 Å². The van der Waals surface area contributed by atoms with Gasteiger partial charge in [0, 0.05) is 13.0 Å². The lowest BCUT2D eigenvalue weighted by Gasteiger charge is -2.19. The Bertz CT molecular complexity index is 981. The summed E-state index contributed by atoms with van der Waals surface area (Å²) in [5.41, 5.74) is 5.35. The third-order valence-corrected chi connectivity index (χ3v) is 9.07. The number of carbonyl (C=O) groups excluding carboxylic acids is 1. The van der Waals surface area contributed by atoms with Crippen molar-refractivity contribution in [1.29, 1.82) is 0 Å². The summed E-state index contributed by atoms with van der Waals surface area (Å²) in [6.45, 7) is 3.93. The minimum atomic E-state index is -4.29. The zero-order valence-corrected chi connectivity index (χ0v) is 33.1. The molecule has 296 valence electrons. The van der Waals surface area contributed by atoms with Crippen LogP contribution < -0.4 is 5.73 Å². The highest BCUT2D eigenvalue weighted by Gasteiger charge is 2.24. The Kier molecular flexibility index (Phi) is 36.3. The highest BCUT2D eigenvalue weighted by atomic mass is 31.2. The third-order valence-electron chi connectivity index (χ3n) is 8.09. The number of rotatable bonds is 37. The van der Waals surface area contributed by atoms with E-state index in [1.165, 1.54) is 57.8 Å². The van der Waals surface area contributed by atoms with Crippen LogP contribution >= 0.6 is 7.82 Å². The Balaban J connectivity index is 4.22. The van der Waals surface area contributed by atoms with Gasteiger partial charge in [0.1, 0.15) is 6.61 Å². The molecule has 9 nitrogen and oxygen atoms in total. The minimum Gasteiger partial charge on any atom is -0.492 e. The van der Waals surface area contributed by atoms with Crippen molar-refractivity contribution in [2.24, 2.45) is 5.73 Å². The molecule has 0 aliphatic rings. The summed E-state index contributed by atoms with van der Waals surface area (Å²) in [5, 5.41) is 9.85. The van der Waals surface area contributed by atoms with Crippen LogP contribution in [0.2, 0.25) is 0 Å². The zero-order chi connectivity index (χ0) is 37.5. The Morgan fingerprint density at radius 2 is 1.29 bits per heavy atom. The molecule has 10 heteroatoms. The Morgan fingerprint density at radius 3 is 1.92 bits per heavy atom. The summed E-state index contributed by atoms with van der Waals surface area (Å²) in [6, 6.07) is 0. The van der Waals surface area contributed by atoms with Gasteiger partial charge in [-0.25, -0.2) is 4.57 Å². The van der Waals surface area contributed by atoms with Crippen molar-refractivity contribution in [3.63, 3.8) is 0 Å². The van der Waals surface area contributed by atoms with Crippen LogP contribution in [0.15, 0.2) is 60.9 Å². The molecule has 0 saturated heterocycles. The largest absolute Gasteiger partial charge is 0.492 e. The van der Waals surface area contributed by atoms with Gasteiger partial charge in [-0.3, -0.25) is 13.8 Å². The Labute approximate surface area is 311 Å². The Morgan fingerprint density at radius 1 is 0.706 bits per heavy atom. The molecule has 3 atom stereocenters. The standard InChI is InChI=1S/C41H74NO8P/c1-3-5-7-8-9-10-11-12-13-14-15-16-20-23-26-30-35-47-40(38-50-51(45,46)49-36-34-42)37-48-41(44)33-29-25-22-19-17-18-21-24-28-32-39(43)31-27-6-4-2/h6,12-13,21,24,27-28,30,32,35,39-40,43H,3-5,7-11,14-20,22-23,25-26,29,31,33-34,36-38,42H2,1-2H3,(H,45,46)/b13-12-,24-21+,27-6+,32-28+,35-30+/t39?,40-/m1/s1. The van der Waals surface area contributed by atoms with Gasteiger partial charge in [0.2, 0.25) is 0 Å². The molecular formula is C41H74NO8P. The molecule has 2 unspecified atom stereocenters. The quantitative estimate of drug-likeness (QED) is 0.0142. The molecule has 0 rings (SSSR count). The second-order valence-electron chi connectivity index (χ2n) is 13.0. The maximum absolute atomic E-state index is 12.4. The first-order valence-electron chi connectivity index (χ1n) is 19.9. The van der Waals surface area contributed by atoms with E-state index in [1.54, 1.807) is 12.3 Å². The average Bonchev–Trinajstić information content (AvgIpc) is 3.11. The van der Waals surface area contributed by atoms with Gasteiger partial charge in [0.15, 0.2) is 6.10 Å². The predicted molar refractivity (Wildman–Crippen MR) is 211 cm³/mol. The van der Waals surface area contributed by atoms with E-state index in [0.29, 0.717) is 12.8 Å². The molecule has 0 fully saturated rings. The van der Waals surface area contributed by atoms with E-state index in [4.69, 9.17) is 24.3 Å². The van der Waals surface area contributed by atoms with Gasteiger partial charge in [0.05, 0.1) is 25.6 Å². The molecule has 0 heterocycles. The molecule has 0 aromatic rings. The molecule has 0 radical (unpaired) electrons. The first-order chi connectivity index (χ1) is 24.8. The molecule has 0 saturated carbocycles. The summed E-state index contributed by atoms with van der Waals surface area (Å²) >= 11 is 0. The fourth-order valence-electron chi connectivity index (χ4n) is 5.07. The maximum atomic E-state index is 12.4. The third kappa shape index (κ3) is 37.6. The fraction of sp³-hybridized carbons (Fsp3) is 0.732. The fourth-order valence-corrected chi connectivity index (χ4v) is 5.83. The average molecular weight is 740 g/mol. The number of hydrogen-bond acceptors (Lipinski definition) is 8. The second kappa shape index (κ2) is 37.7. The lowest BCUT2D eigenvalue weighted by Crippen LogP contribution is -2.25. The number of nitrogens with two attached hydrogens (primary N) is 1. The molecule has 51 heavy (non-hydrogen) atoms. The predicted octanol–water partition coefficient (Wildman–Crippen LogP) is 10.7. The van der Waals surface area contributed by atoms with Crippen LogP contribution in [0, 0.1) is 0 Å². The number of phosphoric acid groups is 1. The Hall–Kier alpha value is -2.00. The van der Waals surface area contributed by atoms with Gasteiger partial charge >= 0.3 is 13.8 Å². The van der Waals surface area contributed by atoms with Crippen LogP contribution in [0.25, 0.3) is 0 Å².